The zero-order valence-corrected chi connectivity index (χ0v) is 14.2. The first kappa shape index (κ1) is 16.3. The number of oxazole rings is 1. The Morgan fingerprint density at radius 2 is 1.64 bits per heavy atom. The van der Waals surface area contributed by atoms with Crippen LogP contribution in [0.2, 0.25) is 0 Å². The fourth-order valence-corrected chi connectivity index (χ4v) is 2.17. The monoisotopic (exact) mass is 295 g/mol. The van der Waals surface area contributed by atoms with Crippen molar-refractivity contribution in [1.29, 1.82) is 0 Å². The molecule has 0 aliphatic rings. The predicted molar refractivity (Wildman–Crippen MR) is 94.2 cm³/mol. The van der Waals surface area contributed by atoms with Gasteiger partial charge in [0.1, 0.15) is 5.52 Å². The second kappa shape index (κ2) is 7.26. The fourth-order valence-electron chi connectivity index (χ4n) is 2.17. The third-order valence-corrected chi connectivity index (χ3v) is 3.37. The van der Waals surface area contributed by atoms with Gasteiger partial charge in [-0.2, -0.15) is 0 Å². The van der Waals surface area contributed by atoms with Gasteiger partial charge in [-0.05, 0) is 48.2 Å². The maximum Gasteiger partial charge on any atom is 0.227 e. The third-order valence-electron chi connectivity index (χ3n) is 3.37. The lowest BCUT2D eigenvalue weighted by atomic mass is 10.0. The quantitative estimate of drug-likeness (QED) is 0.551. The van der Waals surface area contributed by atoms with Crippen LogP contribution in [-0.4, -0.2) is 4.98 Å². The van der Waals surface area contributed by atoms with Gasteiger partial charge in [-0.1, -0.05) is 52.3 Å². The second-order valence-corrected chi connectivity index (χ2v) is 5.97. The van der Waals surface area contributed by atoms with Gasteiger partial charge in [0, 0.05) is 5.56 Å². The van der Waals surface area contributed by atoms with Gasteiger partial charge < -0.3 is 4.42 Å². The van der Waals surface area contributed by atoms with Crippen LogP contribution in [0.1, 0.15) is 51.2 Å². The number of rotatable bonds is 2. The highest BCUT2D eigenvalue weighted by molar-refractivity contribution is 5.76. The first-order chi connectivity index (χ1) is 10.5. The molecule has 1 heterocycles. The van der Waals surface area contributed by atoms with Gasteiger partial charge in [0.25, 0.3) is 0 Å². The molecule has 0 saturated heterocycles. The third kappa shape index (κ3) is 3.76. The summed E-state index contributed by atoms with van der Waals surface area (Å²) in [5.74, 6) is 1.23. The zero-order valence-electron chi connectivity index (χ0n) is 14.2. The van der Waals surface area contributed by atoms with E-state index in [4.69, 9.17) is 4.42 Å². The second-order valence-electron chi connectivity index (χ2n) is 5.97. The first-order valence-electron chi connectivity index (χ1n) is 8.02. The molecule has 0 spiro atoms. The van der Waals surface area contributed by atoms with Gasteiger partial charge in [0.15, 0.2) is 5.58 Å². The summed E-state index contributed by atoms with van der Waals surface area (Å²) in [6.07, 6.45) is 1.25. The van der Waals surface area contributed by atoms with Crippen LogP contribution in [0.3, 0.4) is 0 Å². The van der Waals surface area contributed by atoms with Crippen molar-refractivity contribution in [1.82, 2.24) is 4.98 Å². The predicted octanol–water partition coefficient (Wildman–Crippen LogP) is 6.34. The van der Waals surface area contributed by atoms with Gasteiger partial charge in [-0.15, -0.1) is 0 Å². The largest absolute Gasteiger partial charge is 0.436 e. The molecule has 0 N–H and O–H groups in total. The Morgan fingerprint density at radius 3 is 2.23 bits per heavy atom. The Balaban J connectivity index is 0.000000545. The number of aromatic nitrogens is 1. The topological polar surface area (TPSA) is 26.0 Å². The molecule has 2 heteroatoms. The highest BCUT2D eigenvalue weighted by atomic mass is 16.3. The molecular formula is C20H25NO. The molecule has 0 bridgehead atoms. The van der Waals surface area contributed by atoms with Crippen LogP contribution < -0.4 is 0 Å². The Hall–Kier alpha value is -2.09. The standard InChI is InChI=1S/C17H17NO.C3H8/c1-11(2)13-5-7-14(8-6-13)17-18-15-9-4-12(3)10-16(15)19-17;1-3-2/h4-11H,1-3H3;3H2,1-2H3. The van der Waals surface area contributed by atoms with Crippen LogP contribution in [0, 0.1) is 6.92 Å². The molecule has 0 fully saturated rings. The molecule has 3 rings (SSSR count). The van der Waals surface area contributed by atoms with Crippen molar-refractivity contribution in [2.24, 2.45) is 0 Å². The number of benzene rings is 2. The molecule has 116 valence electrons. The molecule has 0 unspecified atom stereocenters. The molecule has 22 heavy (non-hydrogen) atoms. The van der Waals surface area contributed by atoms with Crippen molar-refractivity contribution in [3.63, 3.8) is 0 Å². The molecule has 0 radical (unpaired) electrons. The van der Waals surface area contributed by atoms with E-state index in [1.165, 1.54) is 17.5 Å². The van der Waals surface area contributed by atoms with Crippen molar-refractivity contribution in [2.75, 3.05) is 0 Å². The summed E-state index contributed by atoms with van der Waals surface area (Å²) in [5, 5.41) is 0. The van der Waals surface area contributed by atoms with Gasteiger partial charge in [0.2, 0.25) is 5.89 Å². The number of fused-ring (bicyclic) bond motifs is 1. The minimum Gasteiger partial charge on any atom is -0.436 e. The smallest absolute Gasteiger partial charge is 0.227 e. The van der Waals surface area contributed by atoms with E-state index >= 15 is 0 Å². The van der Waals surface area contributed by atoms with Crippen LogP contribution in [0.25, 0.3) is 22.6 Å². The van der Waals surface area contributed by atoms with Gasteiger partial charge in [0.05, 0.1) is 0 Å². The molecule has 3 aromatic rings. The average molecular weight is 295 g/mol. The van der Waals surface area contributed by atoms with Gasteiger partial charge >= 0.3 is 0 Å². The number of nitrogens with zero attached hydrogens (tertiary/aromatic N) is 1. The minimum atomic E-state index is 0.542. The summed E-state index contributed by atoms with van der Waals surface area (Å²) in [6, 6.07) is 14.5. The van der Waals surface area contributed by atoms with E-state index in [0.29, 0.717) is 11.8 Å². The lowest BCUT2D eigenvalue weighted by Gasteiger charge is -2.04. The zero-order chi connectivity index (χ0) is 16.1. The summed E-state index contributed by atoms with van der Waals surface area (Å²) in [4.78, 5) is 4.53. The van der Waals surface area contributed by atoms with Gasteiger partial charge in [-0.25, -0.2) is 4.98 Å². The summed E-state index contributed by atoms with van der Waals surface area (Å²) in [5.41, 5.74) is 5.30. The van der Waals surface area contributed by atoms with Crippen LogP contribution in [0.15, 0.2) is 46.9 Å². The number of hydrogen-bond acceptors (Lipinski definition) is 2. The van der Waals surface area contributed by atoms with E-state index in [1.54, 1.807) is 0 Å². The first-order valence-corrected chi connectivity index (χ1v) is 8.02. The highest BCUT2D eigenvalue weighted by Gasteiger charge is 2.08. The van der Waals surface area contributed by atoms with Crippen molar-refractivity contribution >= 4 is 11.1 Å². The van der Waals surface area contributed by atoms with Crippen molar-refractivity contribution in [2.45, 2.75) is 47.0 Å². The summed E-state index contributed by atoms with van der Waals surface area (Å²) in [6.45, 7) is 10.7. The molecular weight excluding hydrogens is 270 g/mol. The maximum absolute atomic E-state index is 5.82. The van der Waals surface area contributed by atoms with Crippen LogP contribution in [0.4, 0.5) is 0 Å². The van der Waals surface area contributed by atoms with Crippen molar-refractivity contribution in [3.05, 3.63) is 53.6 Å². The Morgan fingerprint density at radius 1 is 1.00 bits per heavy atom. The van der Waals surface area contributed by atoms with Crippen LogP contribution in [0.5, 0.6) is 0 Å². The summed E-state index contributed by atoms with van der Waals surface area (Å²) >= 11 is 0. The van der Waals surface area contributed by atoms with E-state index < -0.39 is 0 Å². The average Bonchev–Trinajstić information content (AvgIpc) is 2.91. The van der Waals surface area contributed by atoms with E-state index in [0.717, 1.165) is 16.7 Å². The minimum absolute atomic E-state index is 0.542. The van der Waals surface area contributed by atoms with E-state index in [2.05, 4.69) is 69.9 Å². The Bertz CT molecular complexity index is 723. The molecule has 0 aliphatic heterocycles. The lowest BCUT2D eigenvalue weighted by molar-refractivity contribution is 0.619. The van der Waals surface area contributed by atoms with E-state index in [9.17, 15) is 0 Å². The maximum atomic E-state index is 5.82. The highest BCUT2D eigenvalue weighted by Crippen LogP contribution is 2.26. The number of hydrogen-bond donors (Lipinski definition) is 0. The lowest BCUT2D eigenvalue weighted by Crippen LogP contribution is -1.86. The molecule has 2 nitrogen and oxygen atoms in total. The van der Waals surface area contributed by atoms with Crippen LogP contribution >= 0.6 is 0 Å². The Kier molecular flexibility index (Phi) is 5.37. The van der Waals surface area contributed by atoms with Crippen LogP contribution in [-0.2, 0) is 0 Å². The summed E-state index contributed by atoms with van der Waals surface area (Å²) < 4.78 is 5.82. The molecule has 2 aromatic carbocycles. The van der Waals surface area contributed by atoms with Crippen molar-refractivity contribution in [3.8, 4) is 11.5 Å². The van der Waals surface area contributed by atoms with Crippen molar-refractivity contribution < 1.29 is 4.42 Å². The normalized spacial score (nSPS) is 10.6. The van der Waals surface area contributed by atoms with E-state index in [-0.39, 0.29) is 0 Å². The van der Waals surface area contributed by atoms with E-state index in [1.807, 2.05) is 12.1 Å². The summed E-state index contributed by atoms with van der Waals surface area (Å²) in [7, 11) is 0. The number of aryl methyl sites for hydroxylation is 1. The molecule has 0 amide bonds. The SMILES string of the molecule is CCC.Cc1ccc2nc(-c3ccc(C(C)C)cc3)oc2c1. The molecule has 0 aliphatic carbocycles. The molecule has 1 aromatic heterocycles. The Labute approximate surface area is 133 Å². The molecule has 0 atom stereocenters. The fraction of sp³-hybridized carbons (Fsp3) is 0.350. The molecule has 0 saturated carbocycles. The van der Waals surface area contributed by atoms with Gasteiger partial charge in [-0.3, -0.25) is 0 Å².